The van der Waals surface area contributed by atoms with E-state index in [9.17, 15) is 14.9 Å². The molecule has 0 radical (unpaired) electrons. The third-order valence-corrected chi connectivity index (χ3v) is 3.15. The number of benzene rings is 1. The summed E-state index contributed by atoms with van der Waals surface area (Å²) in [5.74, 6) is -0.290. The van der Waals surface area contributed by atoms with Crippen LogP contribution < -0.4 is 5.32 Å². The fourth-order valence-corrected chi connectivity index (χ4v) is 1.99. The van der Waals surface area contributed by atoms with Crippen molar-refractivity contribution in [1.29, 1.82) is 0 Å². The highest BCUT2D eigenvalue weighted by Crippen LogP contribution is 2.15. The first-order valence-electron chi connectivity index (χ1n) is 6.35. The number of aromatic nitrogens is 1. The molecule has 0 saturated heterocycles. The molecule has 0 unspecified atom stereocenters. The SMILES string of the molecule is Cn1c(C(=O)NCCc2ccc(O)cc2)ccc1[N+](=O)[O-]. The number of nitrogens with one attached hydrogen (secondary N) is 1. The van der Waals surface area contributed by atoms with E-state index in [2.05, 4.69) is 5.32 Å². The fourth-order valence-electron chi connectivity index (χ4n) is 1.99. The number of rotatable bonds is 5. The molecule has 0 aliphatic heterocycles. The molecule has 2 N–H and O–H groups in total. The Hall–Kier alpha value is -2.83. The van der Waals surface area contributed by atoms with E-state index in [0.29, 0.717) is 13.0 Å². The molecular weight excluding hydrogens is 274 g/mol. The van der Waals surface area contributed by atoms with Crippen LogP contribution in [0.5, 0.6) is 5.75 Å². The summed E-state index contributed by atoms with van der Waals surface area (Å²) in [4.78, 5) is 22.1. The molecule has 1 amide bonds. The van der Waals surface area contributed by atoms with E-state index >= 15 is 0 Å². The van der Waals surface area contributed by atoms with Gasteiger partial charge in [0.15, 0.2) is 5.69 Å². The van der Waals surface area contributed by atoms with E-state index in [0.717, 1.165) is 5.56 Å². The first-order valence-corrected chi connectivity index (χ1v) is 6.35. The van der Waals surface area contributed by atoms with Gasteiger partial charge in [0.05, 0.1) is 7.05 Å². The highest BCUT2D eigenvalue weighted by Gasteiger charge is 2.19. The highest BCUT2D eigenvalue weighted by atomic mass is 16.6. The molecule has 21 heavy (non-hydrogen) atoms. The Bertz CT molecular complexity index is 661. The number of aromatic hydroxyl groups is 1. The summed E-state index contributed by atoms with van der Waals surface area (Å²) in [5.41, 5.74) is 1.22. The summed E-state index contributed by atoms with van der Waals surface area (Å²) >= 11 is 0. The van der Waals surface area contributed by atoms with Gasteiger partial charge in [0, 0.05) is 12.6 Å². The molecule has 7 nitrogen and oxygen atoms in total. The predicted octanol–water partition coefficient (Wildman–Crippen LogP) is 1.61. The third-order valence-electron chi connectivity index (χ3n) is 3.15. The molecule has 0 bridgehead atoms. The molecule has 7 heteroatoms. The van der Waals surface area contributed by atoms with E-state index in [1.165, 1.54) is 23.7 Å². The van der Waals surface area contributed by atoms with Gasteiger partial charge in [-0.25, -0.2) is 4.57 Å². The zero-order valence-electron chi connectivity index (χ0n) is 11.4. The van der Waals surface area contributed by atoms with Gasteiger partial charge in [-0.05, 0) is 35.1 Å². The van der Waals surface area contributed by atoms with Crippen molar-refractivity contribution >= 4 is 11.7 Å². The zero-order valence-corrected chi connectivity index (χ0v) is 11.4. The Morgan fingerprint density at radius 3 is 2.52 bits per heavy atom. The molecule has 0 aliphatic rings. The molecule has 0 spiro atoms. The molecule has 2 rings (SSSR count). The fraction of sp³-hybridized carbons (Fsp3) is 0.214. The van der Waals surface area contributed by atoms with Crippen molar-refractivity contribution < 1.29 is 14.8 Å². The van der Waals surface area contributed by atoms with Crippen molar-refractivity contribution in [3.8, 4) is 5.75 Å². The van der Waals surface area contributed by atoms with E-state index in [1.807, 2.05) is 0 Å². The van der Waals surface area contributed by atoms with E-state index < -0.39 is 4.92 Å². The van der Waals surface area contributed by atoms with Gasteiger partial charge in [0.2, 0.25) is 0 Å². The lowest BCUT2D eigenvalue weighted by atomic mass is 10.1. The maximum atomic E-state index is 12.0. The lowest BCUT2D eigenvalue weighted by Crippen LogP contribution is -2.27. The van der Waals surface area contributed by atoms with Crippen LogP contribution in [0.2, 0.25) is 0 Å². The third kappa shape index (κ3) is 3.38. The lowest BCUT2D eigenvalue weighted by molar-refractivity contribution is -0.391. The van der Waals surface area contributed by atoms with Crippen LogP contribution in [0.3, 0.4) is 0 Å². The quantitative estimate of drug-likeness (QED) is 0.645. The van der Waals surface area contributed by atoms with Crippen molar-refractivity contribution in [2.75, 3.05) is 6.54 Å². The second kappa shape index (κ2) is 6.08. The Kier molecular flexibility index (Phi) is 4.22. The molecule has 1 aromatic carbocycles. The Labute approximate surface area is 121 Å². The average Bonchev–Trinajstić information content (AvgIpc) is 2.83. The van der Waals surface area contributed by atoms with Crippen LogP contribution in [-0.2, 0) is 13.5 Å². The Morgan fingerprint density at radius 2 is 1.95 bits per heavy atom. The molecule has 1 aromatic heterocycles. The van der Waals surface area contributed by atoms with E-state index in [1.54, 1.807) is 24.3 Å². The number of nitro groups is 1. The monoisotopic (exact) mass is 289 g/mol. The van der Waals surface area contributed by atoms with Crippen molar-refractivity contribution in [3.63, 3.8) is 0 Å². The Balaban J connectivity index is 1.93. The van der Waals surface area contributed by atoms with Gasteiger partial charge in [-0.3, -0.25) is 4.79 Å². The summed E-state index contributed by atoms with van der Waals surface area (Å²) < 4.78 is 1.25. The molecule has 0 atom stereocenters. The molecule has 1 heterocycles. The number of carbonyl (C=O) groups is 1. The van der Waals surface area contributed by atoms with Gasteiger partial charge in [0.25, 0.3) is 5.91 Å². The second-order valence-electron chi connectivity index (χ2n) is 4.57. The van der Waals surface area contributed by atoms with Crippen LogP contribution in [0.25, 0.3) is 0 Å². The second-order valence-corrected chi connectivity index (χ2v) is 4.57. The summed E-state index contributed by atoms with van der Waals surface area (Å²) in [5, 5.41) is 22.6. The molecule has 110 valence electrons. The minimum absolute atomic E-state index is 0.126. The van der Waals surface area contributed by atoms with E-state index in [-0.39, 0.29) is 23.2 Å². The summed E-state index contributed by atoms with van der Waals surface area (Å²) in [6, 6.07) is 9.43. The summed E-state index contributed by atoms with van der Waals surface area (Å²) in [6.07, 6.45) is 0.610. The number of carbonyl (C=O) groups excluding carboxylic acids is 1. The van der Waals surface area contributed by atoms with Gasteiger partial charge >= 0.3 is 5.82 Å². The molecular formula is C14H15N3O4. The smallest absolute Gasteiger partial charge is 0.323 e. The van der Waals surface area contributed by atoms with Crippen LogP contribution in [-0.4, -0.2) is 27.0 Å². The van der Waals surface area contributed by atoms with Gasteiger partial charge in [-0.2, -0.15) is 0 Å². The largest absolute Gasteiger partial charge is 0.508 e. The average molecular weight is 289 g/mol. The van der Waals surface area contributed by atoms with Gasteiger partial charge in [-0.1, -0.05) is 12.1 Å². The minimum atomic E-state index is -0.534. The van der Waals surface area contributed by atoms with Gasteiger partial charge in [0.1, 0.15) is 5.75 Å². The van der Waals surface area contributed by atoms with Crippen molar-refractivity contribution in [2.24, 2.45) is 7.05 Å². The van der Waals surface area contributed by atoms with Crippen LogP contribution in [0.15, 0.2) is 36.4 Å². The normalized spacial score (nSPS) is 10.3. The van der Waals surface area contributed by atoms with Crippen LogP contribution in [0.4, 0.5) is 5.82 Å². The van der Waals surface area contributed by atoms with Crippen LogP contribution in [0, 0.1) is 10.1 Å². The molecule has 2 aromatic rings. The number of phenolic OH excluding ortho intramolecular Hbond substituents is 1. The minimum Gasteiger partial charge on any atom is -0.508 e. The zero-order chi connectivity index (χ0) is 15.4. The van der Waals surface area contributed by atoms with Crippen LogP contribution >= 0.6 is 0 Å². The van der Waals surface area contributed by atoms with Gasteiger partial charge in [-0.15, -0.1) is 0 Å². The highest BCUT2D eigenvalue weighted by molar-refractivity contribution is 5.93. The predicted molar refractivity (Wildman–Crippen MR) is 76.2 cm³/mol. The lowest BCUT2D eigenvalue weighted by Gasteiger charge is -2.05. The number of phenols is 1. The maximum absolute atomic E-state index is 12.0. The van der Waals surface area contributed by atoms with Crippen molar-refractivity contribution in [3.05, 3.63) is 57.8 Å². The maximum Gasteiger partial charge on any atom is 0.323 e. The molecule has 0 aliphatic carbocycles. The number of hydrogen-bond donors (Lipinski definition) is 2. The number of amides is 1. The van der Waals surface area contributed by atoms with Crippen LogP contribution in [0.1, 0.15) is 16.1 Å². The first-order chi connectivity index (χ1) is 9.99. The Morgan fingerprint density at radius 1 is 1.29 bits per heavy atom. The van der Waals surface area contributed by atoms with Crippen molar-refractivity contribution in [1.82, 2.24) is 9.88 Å². The summed E-state index contributed by atoms with van der Waals surface area (Å²) in [6.45, 7) is 0.405. The molecule has 0 saturated carbocycles. The summed E-state index contributed by atoms with van der Waals surface area (Å²) in [7, 11) is 1.48. The van der Waals surface area contributed by atoms with Crippen molar-refractivity contribution in [2.45, 2.75) is 6.42 Å². The number of hydrogen-bond acceptors (Lipinski definition) is 4. The topological polar surface area (TPSA) is 97.4 Å². The van der Waals surface area contributed by atoms with Gasteiger partial charge < -0.3 is 20.5 Å². The first kappa shape index (κ1) is 14.6. The van der Waals surface area contributed by atoms with E-state index in [4.69, 9.17) is 5.11 Å². The molecule has 0 fully saturated rings. The number of nitrogens with zero attached hydrogens (tertiary/aromatic N) is 2. The standard InChI is InChI=1S/C14H15N3O4/c1-16-12(6-7-13(16)17(20)21)14(19)15-9-8-10-2-4-11(18)5-3-10/h2-7,18H,8-9H2,1H3,(H,15,19).